The maximum Gasteiger partial charge on any atom is 0.376 e. The van der Waals surface area contributed by atoms with Crippen LogP contribution in [-0.2, 0) is 19.6 Å². The Morgan fingerprint density at radius 2 is 1.79 bits per heavy atom. The van der Waals surface area contributed by atoms with E-state index in [4.69, 9.17) is 0 Å². The van der Waals surface area contributed by atoms with Gasteiger partial charge in [0.25, 0.3) is 0 Å². The number of ether oxygens (including phenoxy) is 1. The molecule has 0 amide bonds. The molecule has 2 aromatic carbocycles. The minimum atomic E-state index is -4.03. The summed E-state index contributed by atoms with van der Waals surface area (Å²) in [6.45, 7) is 3.99. The number of halogens is 4. The molecule has 0 aromatic heterocycles. The summed E-state index contributed by atoms with van der Waals surface area (Å²) in [4.78, 5) is 12.0. The van der Waals surface area contributed by atoms with Crippen LogP contribution in [0.25, 0.3) is 3.58 Å². The Morgan fingerprint density at radius 3 is 2.38 bits per heavy atom. The zero-order valence-corrected chi connectivity index (χ0v) is 21.9. The van der Waals surface area contributed by atoms with Crippen LogP contribution in [0.1, 0.15) is 31.4 Å². The van der Waals surface area contributed by atoms with Crippen molar-refractivity contribution in [1.29, 1.82) is 0 Å². The normalized spacial score (nSPS) is 20.9. The first kappa shape index (κ1) is 26.7. The van der Waals surface area contributed by atoms with Crippen molar-refractivity contribution in [3.8, 4) is 0 Å². The lowest BCUT2D eigenvalue weighted by molar-refractivity contribution is -0.175. The SMILES string of the molecule is CCOC(=O)C(F)(F)C[C@@]1(C)CN(S(=O)(=O)c2ccc(C)cc2)C/C1=C(\I)c1ccccc1F. The fourth-order valence-corrected chi connectivity index (χ4v) is 6.83. The van der Waals surface area contributed by atoms with Gasteiger partial charge in [-0.05, 0) is 60.2 Å². The molecule has 0 aliphatic carbocycles. The van der Waals surface area contributed by atoms with Crippen LogP contribution in [0.2, 0.25) is 0 Å². The number of hydrogen-bond acceptors (Lipinski definition) is 4. The summed E-state index contributed by atoms with van der Waals surface area (Å²) < 4.78 is 77.0. The van der Waals surface area contributed by atoms with Crippen molar-refractivity contribution in [1.82, 2.24) is 4.31 Å². The number of aryl methyl sites for hydroxylation is 1. The highest BCUT2D eigenvalue weighted by Crippen LogP contribution is 2.49. The molecule has 2 aromatic rings. The largest absolute Gasteiger partial charge is 0.462 e. The van der Waals surface area contributed by atoms with E-state index in [9.17, 15) is 26.4 Å². The van der Waals surface area contributed by atoms with Gasteiger partial charge in [0.1, 0.15) is 5.82 Å². The van der Waals surface area contributed by atoms with E-state index in [1.807, 2.05) is 29.5 Å². The van der Waals surface area contributed by atoms with Crippen LogP contribution in [0, 0.1) is 18.2 Å². The molecule has 1 atom stereocenters. The summed E-state index contributed by atoms with van der Waals surface area (Å²) in [5.41, 5.74) is -0.0856. The minimum absolute atomic E-state index is 0.0275. The third-order valence-electron chi connectivity index (χ3n) is 5.81. The highest BCUT2D eigenvalue weighted by molar-refractivity contribution is 14.1. The molecule has 184 valence electrons. The van der Waals surface area contributed by atoms with Gasteiger partial charge in [-0.15, -0.1) is 0 Å². The summed E-state index contributed by atoms with van der Waals surface area (Å²) in [7, 11) is -4.03. The Balaban J connectivity index is 2.11. The van der Waals surface area contributed by atoms with E-state index in [1.165, 1.54) is 44.2 Å². The lowest BCUT2D eigenvalue weighted by atomic mass is 9.78. The summed E-state index contributed by atoms with van der Waals surface area (Å²) in [5, 5.41) is 0. The maximum atomic E-state index is 14.9. The Kier molecular flexibility index (Phi) is 7.83. The molecule has 0 saturated carbocycles. The van der Waals surface area contributed by atoms with Crippen LogP contribution in [0.15, 0.2) is 59.0 Å². The van der Waals surface area contributed by atoms with Crippen molar-refractivity contribution in [2.75, 3.05) is 19.7 Å². The second-order valence-electron chi connectivity index (χ2n) is 8.52. The number of alkyl halides is 2. The van der Waals surface area contributed by atoms with E-state index in [1.54, 1.807) is 18.2 Å². The monoisotopic (exact) mass is 607 g/mol. The molecule has 0 bridgehead atoms. The number of carbonyl (C=O) groups is 1. The first-order valence-electron chi connectivity index (χ1n) is 10.6. The number of carbonyl (C=O) groups excluding carboxylic acids is 1. The van der Waals surface area contributed by atoms with E-state index in [-0.39, 0.29) is 30.2 Å². The van der Waals surface area contributed by atoms with Crippen LogP contribution in [0.3, 0.4) is 0 Å². The lowest BCUT2D eigenvalue weighted by Crippen LogP contribution is -2.39. The van der Waals surface area contributed by atoms with Crippen molar-refractivity contribution in [2.24, 2.45) is 5.41 Å². The van der Waals surface area contributed by atoms with Gasteiger partial charge in [-0.3, -0.25) is 0 Å². The van der Waals surface area contributed by atoms with Crippen molar-refractivity contribution in [3.05, 3.63) is 71.0 Å². The third-order valence-corrected chi connectivity index (χ3v) is 8.85. The average Bonchev–Trinajstić information content (AvgIpc) is 3.11. The summed E-state index contributed by atoms with van der Waals surface area (Å²) in [5.74, 6) is -6.08. The maximum absolute atomic E-state index is 14.9. The number of sulfonamides is 1. The summed E-state index contributed by atoms with van der Waals surface area (Å²) in [6, 6.07) is 12.1. The molecule has 10 heteroatoms. The van der Waals surface area contributed by atoms with Crippen LogP contribution in [0.5, 0.6) is 0 Å². The smallest absolute Gasteiger partial charge is 0.376 e. The molecule has 34 heavy (non-hydrogen) atoms. The van der Waals surface area contributed by atoms with Crippen molar-refractivity contribution in [3.63, 3.8) is 0 Å². The van der Waals surface area contributed by atoms with Gasteiger partial charge in [0.05, 0.1) is 11.5 Å². The zero-order valence-electron chi connectivity index (χ0n) is 18.9. The number of nitrogens with zero attached hydrogens (tertiary/aromatic N) is 1. The molecular formula is C24H25F3INO4S. The first-order chi connectivity index (χ1) is 15.8. The van der Waals surface area contributed by atoms with E-state index >= 15 is 0 Å². The minimum Gasteiger partial charge on any atom is -0.462 e. The van der Waals surface area contributed by atoms with Crippen molar-refractivity contribution >= 4 is 42.2 Å². The molecule has 0 radical (unpaired) electrons. The second kappa shape index (κ2) is 9.98. The van der Waals surface area contributed by atoms with E-state index in [0.29, 0.717) is 9.15 Å². The standard InChI is InChI=1S/C24H25F3INO4S/c1-4-33-22(30)24(26,27)14-23(3)15-29(34(31,32)17-11-9-16(2)10-12-17)13-19(23)21(28)18-7-5-6-8-20(18)25/h5-12H,4,13-15H2,1-3H3/b21-19+/t23-/m0/s1. The number of esters is 1. The average molecular weight is 607 g/mol. The molecular weight excluding hydrogens is 582 g/mol. The van der Waals surface area contributed by atoms with Crippen LogP contribution >= 0.6 is 22.6 Å². The fourth-order valence-electron chi connectivity index (χ4n) is 4.03. The van der Waals surface area contributed by atoms with E-state index < -0.39 is 39.6 Å². The van der Waals surface area contributed by atoms with Crippen LogP contribution in [0.4, 0.5) is 13.2 Å². The fraction of sp³-hybridized carbons (Fsp3) is 0.375. The highest BCUT2D eigenvalue weighted by Gasteiger charge is 2.53. The molecule has 1 saturated heterocycles. The van der Waals surface area contributed by atoms with Gasteiger partial charge in [0.2, 0.25) is 10.0 Å². The Labute approximate surface area is 211 Å². The molecule has 1 aliphatic rings. The van der Waals surface area contributed by atoms with Gasteiger partial charge in [-0.1, -0.05) is 42.8 Å². The first-order valence-corrected chi connectivity index (χ1v) is 13.1. The molecule has 0 unspecified atom stereocenters. The molecule has 3 rings (SSSR count). The molecule has 1 fully saturated rings. The van der Waals surface area contributed by atoms with Gasteiger partial charge in [0.15, 0.2) is 0 Å². The highest BCUT2D eigenvalue weighted by atomic mass is 127. The molecule has 0 N–H and O–H groups in total. The van der Waals surface area contributed by atoms with Gasteiger partial charge in [-0.2, -0.15) is 13.1 Å². The lowest BCUT2D eigenvalue weighted by Gasteiger charge is -2.30. The van der Waals surface area contributed by atoms with Crippen LogP contribution in [-0.4, -0.2) is 44.3 Å². The quantitative estimate of drug-likeness (QED) is 0.305. The predicted octanol–water partition coefficient (Wildman–Crippen LogP) is 5.58. The Hall–Kier alpha value is -1.92. The second-order valence-corrected chi connectivity index (χ2v) is 11.5. The van der Waals surface area contributed by atoms with E-state index in [2.05, 4.69) is 4.74 Å². The molecule has 1 heterocycles. The van der Waals surface area contributed by atoms with E-state index in [0.717, 1.165) is 9.87 Å². The van der Waals surface area contributed by atoms with Gasteiger partial charge in [-0.25, -0.2) is 17.6 Å². The molecule has 0 spiro atoms. The van der Waals surface area contributed by atoms with Gasteiger partial charge >= 0.3 is 11.9 Å². The number of hydrogen-bond donors (Lipinski definition) is 0. The number of benzene rings is 2. The predicted molar refractivity (Wildman–Crippen MR) is 132 cm³/mol. The van der Waals surface area contributed by atoms with Gasteiger partial charge < -0.3 is 4.74 Å². The third kappa shape index (κ3) is 5.33. The van der Waals surface area contributed by atoms with Crippen LogP contribution < -0.4 is 0 Å². The molecule has 5 nitrogen and oxygen atoms in total. The van der Waals surface area contributed by atoms with Crippen molar-refractivity contribution < 1.29 is 31.1 Å². The van der Waals surface area contributed by atoms with Gasteiger partial charge in [0, 0.05) is 34.1 Å². The zero-order chi connectivity index (χ0) is 25.3. The topological polar surface area (TPSA) is 63.7 Å². The number of rotatable bonds is 7. The Morgan fingerprint density at radius 1 is 1.18 bits per heavy atom. The summed E-state index contributed by atoms with van der Waals surface area (Å²) >= 11 is 1.86. The molecule has 1 aliphatic heterocycles. The van der Waals surface area contributed by atoms with Crippen molar-refractivity contribution in [2.45, 2.75) is 38.0 Å². The Bertz CT molecular complexity index is 1210. The summed E-state index contributed by atoms with van der Waals surface area (Å²) in [6.07, 6.45) is -0.977.